The maximum absolute atomic E-state index is 12.3. The van der Waals surface area contributed by atoms with E-state index in [-0.39, 0.29) is 6.54 Å². The third kappa shape index (κ3) is 4.11. The van der Waals surface area contributed by atoms with Crippen LogP contribution >= 0.6 is 0 Å². The zero-order valence-corrected chi connectivity index (χ0v) is 14.7. The molecular formula is C19H22N4O3. The molecule has 0 saturated carbocycles. The first-order chi connectivity index (χ1) is 12.7. The van der Waals surface area contributed by atoms with Crippen molar-refractivity contribution in [2.75, 3.05) is 38.2 Å². The summed E-state index contributed by atoms with van der Waals surface area (Å²) in [4.78, 5) is 32.3. The molecule has 2 amide bonds. The summed E-state index contributed by atoms with van der Waals surface area (Å²) < 4.78 is 5.39. The average Bonchev–Trinajstić information content (AvgIpc) is 2.72. The lowest BCUT2D eigenvalue weighted by atomic mass is 10.2. The number of pyridine rings is 1. The third-order valence-corrected chi connectivity index (χ3v) is 4.34. The summed E-state index contributed by atoms with van der Waals surface area (Å²) in [6.45, 7) is 2.54. The predicted molar refractivity (Wildman–Crippen MR) is 97.9 cm³/mol. The van der Waals surface area contributed by atoms with Gasteiger partial charge in [0.05, 0.1) is 25.0 Å². The van der Waals surface area contributed by atoms with Gasteiger partial charge >= 0.3 is 11.8 Å². The van der Waals surface area contributed by atoms with Crippen molar-refractivity contribution in [2.45, 2.75) is 6.54 Å². The number of nitrogens with zero attached hydrogens (tertiary/aromatic N) is 3. The minimum atomic E-state index is -0.596. The number of rotatable bonds is 4. The number of hydrogen-bond donors (Lipinski definition) is 1. The molecule has 1 fully saturated rings. The van der Waals surface area contributed by atoms with E-state index in [1.54, 1.807) is 30.3 Å². The number of para-hydroxylation sites is 2. The van der Waals surface area contributed by atoms with E-state index in [0.717, 1.165) is 17.1 Å². The molecule has 7 heteroatoms. The smallest absolute Gasteiger partial charge is 0.312 e. The Labute approximate surface area is 152 Å². The molecule has 2 aromatic rings. The van der Waals surface area contributed by atoms with Crippen molar-refractivity contribution < 1.29 is 14.3 Å². The molecule has 0 atom stereocenters. The Kier molecular flexibility index (Phi) is 5.68. The highest BCUT2D eigenvalue weighted by atomic mass is 16.5. The van der Waals surface area contributed by atoms with Crippen molar-refractivity contribution in [3.8, 4) is 5.75 Å². The van der Waals surface area contributed by atoms with Crippen LogP contribution < -0.4 is 15.0 Å². The van der Waals surface area contributed by atoms with E-state index in [4.69, 9.17) is 4.74 Å². The average molecular weight is 354 g/mol. The maximum atomic E-state index is 12.3. The van der Waals surface area contributed by atoms with E-state index in [1.165, 1.54) is 0 Å². The van der Waals surface area contributed by atoms with Crippen LogP contribution in [0.2, 0.25) is 0 Å². The lowest BCUT2D eigenvalue weighted by molar-refractivity contribution is -0.146. The van der Waals surface area contributed by atoms with Crippen molar-refractivity contribution in [1.82, 2.24) is 15.2 Å². The van der Waals surface area contributed by atoms with Crippen LogP contribution in [0.5, 0.6) is 5.75 Å². The lowest BCUT2D eigenvalue weighted by Crippen LogP contribution is -2.52. The second kappa shape index (κ2) is 8.33. The van der Waals surface area contributed by atoms with Crippen molar-refractivity contribution in [1.29, 1.82) is 0 Å². The highest BCUT2D eigenvalue weighted by Gasteiger charge is 2.26. The molecule has 26 heavy (non-hydrogen) atoms. The summed E-state index contributed by atoms with van der Waals surface area (Å²) >= 11 is 0. The molecule has 1 saturated heterocycles. The summed E-state index contributed by atoms with van der Waals surface area (Å²) in [6, 6.07) is 13.2. The molecule has 1 aliphatic rings. The van der Waals surface area contributed by atoms with Gasteiger partial charge in [0.15, 0.2) is 0 Å². The Morgan fingerprint density at radius 2 is 1.81 bits per heavy atom. The predicted octanol–water partition coefficient (Wildman–Crippen LogP) is 1.06. The Morgan fingerprint density at radius 3 is 2.50 bits per heavy atom. The SMILES string of the molecule is COc1ccccc1N1CCN(C(=O)C(=O)NCc2ccccn2)CC1. The second-order valence-electron chi connectivity index (χ2n) is 5.95. The molecule has 1 aromatic heterocycles. The molecule has 0 unspecified atom stereocenters. The van der Waals surface area contributed by atoms with Crippen LogP contribution in [0.3, 0.4) is 0 Å². The molecule has 1 aromatic carbocycles. The Balaban J connectivity index is 1.52. The number of nitrogens with one attached hydrogen (secondary N) is 1. The van der Waals surface area contributed by atoms with Gasteiger partial charge in [0.2, 0.25) is 0 Å². The fraction of sp³-hybridized carbons (Fsp3) is 0.316. The van der Waals surface area contributed by atoms with Gasteiger partial charge in [0.1, 0.15) is 5.75 Å². The molecule has 1 aliphatic heterocycles. The van der Waals surface area contributed by atoms with Gasteiger partial charge < -0.3 is 19.9 Å². The van der Waals surface area contributed by atoms with Crippen LogP contribution in [-0.4, -0.2) is 55.0 Å². The molecule has 0 bridgehead atoms. The summed E-state index contributed by atoms with van der Waals surface area (Å²) in [5, 5.41) is 2.63. The number of amides is 2. The Bertz CT molecular complexity index is 758. The topological polar surface area (TPSA) is 74.8 Å². The molecular weight excluding hydrogens is 332 g/mol. The molecule has 2 heterocycles. The second-order valence-corrected chi connectivity index (χ2v) is 5.95. The maximum Gasteiger partial charge on any atom is 0.312 e. The Hall–Kier alpha value is -3.09. The van der Waals surface area contributed by atoms with Gasteiger partial charge in [-0.25, -0.2) is 0 Å². The van der Waals surface area contributed by atoms with Crippen LogP contribution in [-0.2, 0) is 16.1 Å². The molecule has 3 rings (SSSR count). The molecule has 0 spiro atoms. The molecule has 136 valence electrons. The normalized spacial score (nSPS) is 14.0. The molecule has 0 aliphatic carbocycles. The lowest BCUT2D eigenvalue weighted by Gasteiger charge is -2.36. The number of carbonyl (C=O) groups excluding carboxylic acids is 2. The minimum Gasteiger partial charge on any atom is -0.495 e. The van der Waals surface area contributed by atoms with Crippen molar-refractivity contribution in [3.63, 3.8) is 0 Å². The number of benzene rings is 1. The number of aromatic nitrogens is 1. The monoisotopic (exact) mass is 354 g/mol. The first-order valence-electron chi connectivity index (χ1n) is 8.54. The fourth-order valence-corrected chi connectivity index (χ4v) is 2.93. The number of anilines is 1. The summed E-state index contributed by atoms with van der Waals surface area (Å²) in [5.41, 5.74) is 1.72. The van der Waals surface area contributed by atoms with Gasteiger partial charge in [-0.05, 0) is 24.3 Å². The first kappa shape index (κ1) is 17.7. The standard InChI is InChI=1S/C19H22N4O3/c1-26-17-8-3-2-7-16(17)22-10-12-23(13-11-22)19(25)18(24)21-14-15-6-4-5-9-20-15/h2-9H,10-14H2,1H3,(H,21,24). The van der Waals surface area contributed by atoms with E-state index in [1.807, 2.05) is 30.3 Å². The van der Waals surface area contributed by atoms with E-state index in [9.17, 15) is 9.59 Å². The van der Waals surface area contributed by atoms with Gasteiger partial charge in [-0.1, -0.05) is 18.2 Å². The largest absolute Gasteiger partial charge is 0.495 e. The van der Waals surface area contributed by atoms with E-state index in [0.29, 0.717) is 26.2 Å². The van der Waals surface area contributed by atoms with Crippen molar-refractivity contribution in [3.05, 3.63) is 54.4 Å². The zero-order valence-electron chi connectivity index (χ0n) is 14.7. The van der Waals surface area contributed by atoms with Gasteiger partial charge in [0.25, 0.3) is 0 Å². The quantitative estimate of drug-likeness (QED) is 0.831. The van der Waals surface area contributed by atoms with E-state index < -0.39 is 11.8 Å². The first-order valence-corrected chi connectivity index (χ1v) is 8.54. The highest BCUT2D eigenvalue weighted by Crippen LogP contribution is 2.28. The zero-order chi connectivity index (χ0) is 18.4. The Morgan fingerprint density at radius 1 is 1.08 bits per heavy atom. The van der Waals surface area contributed by atoms with Gasteiger partial charge in [0, 0.05) is 32.4 Å². The number of methoxy groups -OCH3 is 1. The number of carbonyl (C=O) groups is 2. The molecule has 7 nitrogen and oxygen atoms in total. The third-order valence-electron chi connectivity index (χ3n) is 4.34. The molecule has 1 N–H and O–H groups in total. The van der Waals surface area contributed by atoms with Gasteiger partial charge in [-0.2, -0.15) is 0 Å². The van der Waals surface area contributed by atoms with Gasteiger partial charge in [-0.3, -0.25) is 14.6 Å². The van der Waals surface area contributed by atoms with Crippen LogP contribution in [0, 0.1) is 0 Å². The van der Waals surface area contributed by atoms with E-state index >= 15 is 0 Å². The number of ether oxygens (including phenoxy) is 1. The van der Waals surface area contributed by atoms with Crippen molar-refractivity contribution >= 4 is 17.5 Å². The minimum absolute atomic E-state index is 0.243. The van der Waals surface area contributed by atoms with Crippen LogP contribution in [0.4, 0.5) is 5.69 Å². The van der Waals surface area contributed by atoms with Crippen LogP contribution in [0.1, 0.15) is 5.69 Å². The number of piperazine rings is 1. The summed E-state index contributed by atoms with van der Waals surface area (Å²) in [7, 11) is 1.64. The summed E-state index contributed by atoms with van der Waals surface area (Å²) in [5.74, 6) is -0.289. The van der Waals surface area contributed by atoms with Crippen LogP contribution in [0.25, 0.3) is 0 Å². The summed E-state index contributed by atoms with van der Waals surface area (Å²) in [6.07, 6.45) is 1.65. The van der Waals surface area contributed by atoms with E-state index in [2.05, 4.69) is 15.2 Å². The number of hydrogen-bond acceptors (Lipinski definition) is 5. The molecule has 0 radical (unpaired) electrons. The van der Waals surface area contributed by atoms with Gasteiger partial charge in [-0.15, -0.1) is 0 Å². The highest BCUT2D eigenvalue weighted by molar-refractivity contribution is 6.35. The van der Waals surface area contributed by atoms with Crippen molar-refractivity contribution in [2.24, 2.45) is 0 Å². The fourth-order valence-electron chi connectivity index (χ4n) is 2.93. The van der Waals surface area contributed by atoms with Crippen LogP contribution in [0.15, 0.2) is 48.7 Å².